The first kappa shape index (κ1) is 19.6. The van der Waals surface area contributed by atoms with Crippen LogP contribution in [0.15, 0.2) is 64.2 Å². The first-order chi connectivity index (χ1) is 13.9. The molecule has 1 aromatic heterocycles. The van der Waals surface area contributed by atoms with E-state index in [2.05, 4.69) is 15.3 Å². The monoisotopic (exact) mass is 394 g/mol. The number of aromatic nitrogens is 2. The van der Waals surface area contributed by atoms with E-state index in [1.54, 1.807) is 48.5 Å². The Balaban J connectivity index is 1.66. The lowest BCUT2D eigenvalue weighted by Gasteiger charge is -2.10. The molecule has 2 aromatic carbocycles. The Morgan fingerprint density at radius 1 is 1.00 bits per heavy atom. The van der Waals surface area contributed by atoms with Gasteiger partial charge in [0, 0.05) is 17.3 Å². The summed E-state index contributed by atoms with van der Waals surface area (Å²) < 4.78 is 5.66. The molecule has 0 fully saturated rings. The molecule has 29 heavy (non-hydrogen) atoms. The van der Waals surface area contributed by atoms with E-state index >= 15 is 0 Å². The van der Waals surface area contributed by atoms with E-state index in [0.29, 0.717) is 16.9 Å². The molecule has 0 aliphatic heterocycles. The molecule has 3 rings (SSSR count). The summed E-state index contributed by atoms with van der Waals surface area (Å²) in [6.45, 7) is 0.123. The molecule has 2 amide bonds. The Hall–Kier alpha value is -4.14. The van der Waals surface area contributed by atoms with Gasteiger partial charge in [0.05, 0.1) is 12.1 Å². The molecular formula is C20H18N4O5. The van der Waals surface area contributed by atoms with Gasteiger partial charge in [0.15, 0.2) is 0 Å². The molecule has 9 nitrogen and oxygen atoms in total. The summed E-state index contributed by atoms with van der Waals surface area (Å²) in [4.78, 5) is 50.9. The number of primary amides is 1. The molecule has 0 aliphatic rings. The summed E-state index contributed by atoms with van der Waals surface area (Å²) in [5.74, 6) is -0.620. The van der Waals surface area contributed by atoms with Crippen molar-refractivity contribution in [3.05, 3.63) is 97.8 Å². The van der Waals surface area contributed by atoms with Crippen LogP contribution in [0.3, 0.4) is 0 Å². The molecule has 0 radical (unpaired) electrons. The average Bonchev–Trinajstić information content (AvgIpc) is 2.70. The molecule has 0 saturated carbocycles. The van der Waals surface area contributed by atoms with Crippen molar-refractivity contribution in [1.82, 2.24) is 15.3 Å². The van der Waals surface area contributed by atoms with Crippen LogP contribution in [0.25, 0.3) is 0 Å². The van der Waals surface area contributed by atoms with Gasteiger partial charge >= 0.3 is 5.69 Å². The number of rotatable bonds is 7. The van der Waals surface area contributed by atoms with Crippen molar-refractivity contribution in [2.24, 2.45) is 5.73 Å². The largest absolute Gasteiger partial charge is 0.488 e. The maximum Gasteiger partial charge on any atom is 0.325 e. The fraction of sp³-hybridized carbons (Fsp3) is 0.100. The van der Waals surface area contributed by atoms with Crippen molar-refractivity contribution < 1.29 is 14.3 Å². The normalized spacial score (nSPS) is 10.3. The number of amides is 2. The number of hydrogen-bond donors (Lipinski definition) is 4. The highest BCUT2D eigenvalue weighted by molar-refractivity contribution is 5.95. The maximum absolute atomic E-state index is 12.4. The molecule has 0 bridgehead atoms. The summed E-state index contributed by atoms with van der Waals surface area (Å²) in [6.07, 6.45) is 0. The summed E-state index contributed by atoms with van der Waals surface area (Å²) in [6, 6.07) is 14.6. The molecule has 5 N–H and O–H groups in total. The van der Waals surface area contributed by atoms with Gasteiger partial charge in [0.2, 0.25) is 0 Å². The van der Waals surface area contributed by atoms with Crippen molar-refractivity contribution >= 4 is 11.8 Å². The van der Waals surface area contributed by atoms with E-state index in [0.717, 1.165) is 0 Å². The fourth-order valence-corrected chi connectivity index (χ4v) is 2.65. The number of ether oxygens (including phenoxy) is 1. The summed E-state index contributed by atoms with van der Waals surface area (Å²) >= 11 is 0. The van der Waals surface area contributed by atoms with Gasteiger partial charge in [-0.05, 0) is 29.8 Å². The van der Waals surface area contributed by atoms with Crippen LogP contribution in [0.2, 0.25) is 0 Å². The molecule has 0 unspecified atom stereocenters. The number of benzene rings is 2. The summed E-state index contributed by atoms with van der Waals surface area (Å²) in [7, 11) is 0. The second kappa shape index (κ2) is 8.70. The molecule has 0 spiro atoms. The van der Waals surface area contributed by atoms with Gasteiger partial charge in [-0.3, -0.25) is 19.4 Å². The third kappa shape index (κ3) is 5.19. The van der Waals surface area contributed by atoms with Crippen LogP contribution in [0.4, 0.5) is 0 Å². The van der Waals surface area contributed by atoms with E-state index in [1.807, 2.05) is 0 Å². The standard InChI is InChI=1S/C20H18N4O5/c21-18(26)15-6-1-2-7-16(15)29-11-12-4-3-5-13(8-12)19(27)22-10-14-9-17(25)24-20(28)23-14/h1-9H,10-11H2,(H2,21,26)(H,22,27)(H2,23,24,25,28). The molecule has 0 saturated heterocycles. The highest BCUT2D eigenvalue weighted by Gasteiger charge is 2.10. The average molecular weight is 394 g/mol. The van der Waals surface area contributed by atoms with Crippen LogP contribution in [0, 0.1) is 0 Å². The van der Waals surface area contributed by atoms with Crippen molar-refractivity contribution in [2.75, 3.05) is 0 Å². The number of carbonyl (C=O) groups excluding carboxylic acids is 2. The van der Waals surface area contributed by atoms with Crippen LogP contribution >= 0.6 is 0 Å². The van der Waals surface area contributed by atoms with Gasteiger partial charge in [0.1, 0.15) is 12.4 Å². The van der Waals surface area contributed by atoms with Gasteiger partial charge in [0.25, 0.3) is 17.4 Å². The number of nitrogens with two attached hydrogens (primary N) is 1. The highest BCUT2D eigenvalue weighted by atomic mass is 16.5. The molecule has 9 heteroatoms. The smallest absolute Gasteiger partial charge is 0.325 e. The lowest BCUT2D eigenvalue weighted by molar-refractivity contribution is 0.0949. The fourth-order valence-electron chi connectivity index (χ4n) is 2.65. The Kier molecular flexibility index (Phi) is 5.88. The topological polar surface area (TPSA) is 147 Å². The van der Waals surface area contributed by atoms with Crippen molar-refractivity contribution in [1.29, 1.82) is 0 Å². The van der Waals surface area contributed by atoms with Crippen molar-refractivity contribution in [2.45, 2.75) is 13.2 Å². The quantitative estimate of drug-likeness (QED) is 0.465. The minimum Gasteiger partial charge on any atom is -0.488 e. The van der Waals surface area contributed by atoms with Gasteiger partial charge in [-0.15, -0.1) is 0 Å². The zero-order valence-electron chi connectivity index (χ0n) is 15.2. The predicted octanol–water partition coefficient (Wildman–Crippen LogP) is 0.671. The minimum atomic E-state index is -0.642. The highest BCUT2D eigenvalue weighted by Crippen LogP contribution is 2.19. The lowest BCUT2D eigenvalue weighted by Crippen LogP contribution is -2.28. The number of hydrogen-bond acceptors (Lipinski definition) is 5. The Morgan fingerprint density at radius 2 is 1.79 bits per heavy atom. The van der Waals surface area contributed by atoms with E-state index in [1.165, 1.54) is 6.07 Å². The first-order valence-electron chi connectivity index (χ1n) is 8.63. The Morgan fingerprint density at radius 3 is 2.55 bits per heavy atom. The molecule has 3 aromatic rings. The van der Waals surface area contributed by atoms with Gasteiger partial charge in [-0.2, -0.15) is 0 Å². The molecule has 0 aliphatic carbocycles. The molecule has 0 atom stereocenters. The van der Waals surface area contributed by atoms with Crippen LogP contribution in [0.5, 0.6) is 5.75 Å². The van der Waals surface area contributed by atoms with E-state index in [-0.39, 0.29) is 30.3 Å². The van der Waals surface area contributed by atoms with Crippen LogP contribution in [-0.4, -0.2) is 21.8 Å². The van der Waals surface area contributed by atoms with Crippen LogP contribution in [0.1, 0.15) is 32.0 Å². The Labute approximate surface area is 164 Å². The number of para-hydroxylation sites is 1. The van der Waals surface area contributed by atoms with Gasteiger partial charge in [-0.25, -0.2) is 4.79 Å². The summed E-state index contributed by atoms with van der Waals surface area (Å²) in [5.41, 5.74) is 5.79. The van der Waals surface area contributed by atoms with Crippen LogP contribution in [-0.2, 0) is 13.2 Å². The van der Waals surface area contributed by atoms with Crippen molar-refractivity contribution in [3.8, 4) is 5.75 Å². The number of H-pyrrole nitrogens is 2. The van der Waals surface area contributed by atoms with E-state index in [4.69, 9.17) is 10.5 Å². The lowest BCUT2D eigenvalue weighted by atomic mass is 10.1. The third-order valence-electron chi connectivity index (χ3n) is 3.99. The number of aromatic amines is 2. The van der Waals surface area contributed by atoms with Crippen LogP contribution < -0.4 is 27.0 Å². The SMILES string of the molecule is NC(=O)c1ccccc1OCc1cccc(C(=O)NCc2cc(=O)[nH]c(=O)[nH]2)c1. The minimum absolute atomic E-state index is 0.00922. The third-order valence-corrected chi connectivity index (χ3v) is 3.99. The van der Waals surface area contributed by atoms with E-state index < -0.39 is 17.2 Å². The zero-order chi connectivity index (χ0) is 20.8. The number of carbonyl (C=O) groups is 2. The second-order valence-electron chi connectivity index (χ2n) is 6.15. The number of nitrogens with one attached hydrogen (secondary N) is 3. The van der Waals surface area contributed by atoms with Crippen molar-refractivity contribution in [3.63, 3.8) is 0 Å². The maximum atomic E-state index is 12.4. The summed E-state index contributed by atoms with van der Waals surface area (Å²) in [5, 5.41) is 2.63. The predicted molar refractivity (Wildman–Crippen MR) is 105 cm³/mol. The zero-order valence-corrected chi connectivity index (χ0v) is 15.2. The molecule has 1 heterocycles. The molecule has 148 valence electrons. The van der Waals surface area contributed by atoms with Gasteiger partial charge < -0.3 is 20.8 Å². The van der Waals surface area contributed by atoms with E-state index in [9.17, 15) is 19.2 Å². The second-order valence-corrected chi connectivity index (χ2v) is 6.15. The Bertz CT molecular complexity index is 1140. The van der Waals surface area contributed by atoms with Gasteiger partial charge in [-0.1, -0.05) is 24.3 Å². The first-order valence-corrected chi connectivity index (χ1v) is 8.63. The molecular weight excluding hydrogens is 376 g/mol.